The van der Waals surface area contributed by atoms with Crippen molar-refractivity contribution < 1.29 is 22.8 Å². The van der Waals surface area contributed by atoms with Crippen LogP contribution in [0.1, 0.15) is 41.9 Å². The van der Waals surface area contributed by atoms with Crippen LogP contribution in [0.5, 0.6) is 0 Å². The summed E-state index contributed by atoms with van der Waals surface area (Å²) in [5, 5.41) is 0.0908. The fourth-order valence-electron chi connectivity index (χ4n) is 3.66. The number of aromatic nitrogens is 2. The molecule has 0 aromatic carbocycles. The van der Waals surface area contributed by atoms with Gasteiger partial charge in [0.05, 0.1) is 16.7 Å². The average molecular weight is 445 g/mol. The van der Waals surface area contributed by atoms with Gasteiger partial charge in [0.15, 0.2) is 0 Å². The van der Waals surface area contributed by atoms with E-state index in [2.05, 4.69) is 0 Å². The molecular weight excluding hydrogens is 423 g/mol. The SMILES string of the molecule is CCn1c(=O)c2c(C)c(C(=O)N3CCC(=O)C(C)C3)sc2n(CCC(F)(F)F)c1=O. The fraction of sp³-hybridized carbons (Fsp3) is 0.579. The number of carbonyl (C=O) groups excluding carboxylic acids is 2. The first-order valence-electron chi connectivity index (χ1n) is 9.61. The van der Waals surface area contributed by atoms with Crippen LogP contribution in [0.4, 0.5) is 13.2 Å². The summed E-state index contributed by atoms with van der Waals surface area (Å²) in [6.45, 7) is 4.70. The molecule has 2 aromatic rings. The number of rotatable bonds is 4. The Labute approximate surface area is 173 Å². The third kappa shape index (κ3) is 3.94. The number of halogens is 3. The van der Waals surface area contributed by atoms with Gasteiger partial charge < -0.3 is 4.90 Å². The molecule has 164 valence electrons. The van der Waals surface area contributed by atoms with Gasteiger partial charge in [0.1, 0.15) is 10.6 Å². The number of alkyl halides is 3. The van der Waals surface area contributed by atoms with Gasteiger partial charge in [-0.2, -0.15) is 13.2 Å². The first-order chi connectivity index (χ1) is 14.0. The van der Waals surface area contributed by atoms with E-state index in [0.29, 0.717) is 5.56 Å². The number of likely N-dealkylation sites (tertiary alicyclic amines) is 1. The summed E-state index contributed by atoms with van der Waals surface area (Å²) in [5.74, 6) is -0.621. The third-order valence-corrected chi connectivity index (χ3v) is 6.69. The van der Waals surface area contributed by atoms with E-state index in [0.717, 1.165) is 20.5 Å². The molecule has 1 aliphatic rings. The number of nitrogens with zero attached hydrogens (tertiary/aromatic N) is 3. The van der Waals surface area contributed by atoms with E-state index < -0.39 is 30.4 Å². The minimum Gasteiger partial charge on any atom is -0.337 e. The van der Waals surface area contributed by atoms with Gasteiger partial charge in [0, 0.05) is 38.5 Å². The van der Waals surface area contributed by atoms with E-state index in [1.54, 1.807) is 20.8 Å². The molecule has 1 aliphatic heterocycles. The van der Waals surface area contributed by atoms with Gasteiger partial charge in [-0.1, -0.05) is 6.92 Å². The van der Waals surface area contributed by atoms with Gasteiger partial charge in [0.2, 0.25) is 0 Å². The summed E-state index contributed by atoms with van der Waals surface area (Å²) in [4.78, 5) is 52.1. The molecule has 1 fully saturated rings. The van der Waals surface area contributed by atoms with E-state index >= 15 is 0 Å². The molecule has 0 bridgehead atoms. The zero-order valence-electron chi connectivity index (χ0n) is 16.8. The summed E-state index contributed by atoms with van der Waals surface area (Å²) < 4.78 is 40.2. The molecule has 11 heteroatoms. The van der Waals surface area contributed by atoms with Crippen LogP contribution >= 0.6 is 11.3 Å². The molecule has 0 N–H and O–H groups in total. The highest BCUT2D eigenvalue weighted by molar-refractivity contribution is 7.20. The Morgan fingerprint density at radius 1 is 1.20 bits per heavy atom. The van der Waals surface area contributed by atoms with Crippen LogP contribution in [-0.4, -0.2) is 45.0 Å². The van der Waals surface area contributed by atoms with Gasteiger partial charge in [-0.15, -0.1) is 11.3 Å². The van der Waals surface area contributed by atoms with Crippen molar-refractivity contribution in [1.29, 1.82) is 0 Å². The number of hydrogen-bond donors (Lipinski definition) is 0. The first kappa shape index (κ1) is 22.3. The van der Waals surface area contributed by atoms with Crippen LogP contribution in [0.25, 0.3) is 10.2 Å². The Kier molecular flexibility index (Phi) is 5.94. The van der Waals surface area contributed by atoms with E-state index in [-0.39, 0.29) is 58.8 Å². The van der Waals surface area contributed by atoms with Crippen molar-refractivity contribution in [3.8, 4) is 0 Å². The molecular formula is C19H22F3N3O4S. The van der Waals surface area contributed by atoms with Crippen LogP contribution in [0.3, 0.4) is 0 Å². The van der Waals surface area contributed by atoms with E-state index in [4.69, 9.17) is 0 Å². The summed E-state index contributed by atoms with van der Waals surface area (Å²) in [5.41, 5.74) is -1.09. The van der Waals surface area contributed by atoms with Gasteiger partial charge in [0.25, 0.3) is 11.5 Å². The van der Waals surface area contributed by atoms with Crippen molar-refractivity contribution in [3.63, 3.8) is 0 Å². The Bertz CT molecular complexity index is 1130. The van der Waals surface area contributed by atoms with Crippen molar-refractivity contribution >= 4 is 33.2 Å². The molecule has 1 saturated heterocycles. The fourth-order valence-corrected chi connectivity index (χ4v) is 4.94. The number of fused-ring (bicyclic) bond motifs is 1. The molecule has 7 nitrogen and oxygen atoms in total. The van der Waals surface area contributed by atoms with E-state index in [1.807, 2.05) is 0 Å². The van der Waals surface area contributed by atoms with Crippen molar-refractivity contribution in [3.05, 3.63) is 31.3 Å². The molecule has 0 aliphatic carbocycles. The second kappa shape index (κ2) is 8.01. The minimum atomic E-state index is -4.47. The molecule has 0 saturated carbocycles. The molecule has 3 heterocycles. The zero-order chi connectivity index (χ0) is 22.4. The Morgan fingerprint density at radius 3 is 2.43 bits per heavy atom. The summed E-state index contributed by atoms with van der Waals surface area (Å²) in [6, 6.07) is 0. The number of amides is 1. The number of thiophene rings is 1. The number of piperidine rings is 1. The zero-order valence-corrected chi connectivity index (χ0v) is 17.7. The lowest BCUT2D eigenvalue weighted by atomic mass is 9.98. The van der Waals surface area contributed by atoms with E-state index in [9.17, 15) is 32.3 Å². The number of ketones is 1. The molecule has 1 unspecified atom stereocenters. The quantitative estimate of drug-likeness (QED) is 0.725. The molecule has 0 spiro atoms. The maximum Gasteiger partial charge on any atom is 0.390 e. The lowest BCUT2D eigenvalue weighted by Crippen LogP contribution is -2.43. The Hall–Kier alpha value is -2.43. The predicted molar refractivity (Wildman–Crippen MR) is 106 cm³/mol. The normalized spacial score (nSPS) is 17.7. The maximum absolute atomic E-state index is 13.1. The van der Waals surface area contributed by atoms with Crippen LogP contribution in [0, 0.1) is 12.8 Å². The van der Waals surface area contributed by atoms with Gasteiger partial charge in [-0.05, 0) is 19.4 Å². The standard InChI is InChI=1S/C19H22F3N3O4S/c1-4-24-15(27)13-11(3)14(16(28)23-7-5-12(26)10(2)9-23)30-17(13)25(18(24)29)8-6-19(20,21)22/h10H,4-9H2,1-3H3. The Balaban J connectivity index is 2.15. The molecule has 1 amide bonds. The second-order valence-corrected chi connectivity index (χ2v) is 8.45. The predicted octanol–water partition coefficient (Wildman–Crippen LogP) is 2.56. The summed E-state index contributed by atoms with van der Waals surface area (Å²) >= 11 is 0.859. The van der Waals surface area contributed by atoms with Crippen molar-refractivity contribution in [2.75, 3.05) is 13.1 Å². The lowest BCUT2D eigenvalue weighted by Gasteiger charge is -2.29. The van der Waals surface area contributed by atoms with Gasteiger partial charge in [-0.25, -0.2) is 4.79 Å². The first-order valence-corrected chi connectivity index (χ1v) is 10.4. The van der Waals surface area contributed by atoms with Crippen LogP contribution in [0.2, 0.25) is 0 Å². The highest BCUT2D eigenvalue weighted by Crippen LogP contribution is 2.31. The van der Waals surface area contributed by atoms with Crippen molar-refractivity contribution in [2.45, 2.75) is 52.9 Å². The van der Waals surface area contributed by atoms with Crippen LogP contribution in [0.15, 0.2) is 9.59 Å². The molecule has 3 rings (SSSR count). The second-order valence-electron chi connectivity index (χ2n) is 7.45. The topological polar surface area (TPSA) is 81.4 Å². The van der Waals surface area contributed by atoms with Gasteiger partial charge >= 0.3 is 11.9 Å². The lowest BCUT2D eigenvalue weighted by molar-refractivity contribution is -0.136. The smallest absolute Gasteiger partial charge is 0.337 e. The van der Waals surface area contributed by atoms with Crippen molar-refractivity contribution in [2.24, 2.45) is 5.92 Å². The van der Waals surface area contributed by atoms with Crippen LogP contribution < -0.4 is 11.2 Å². The highest BCUT2D eigenvalue weighted by atomic mass is 32.1. The average Bonchev–Trinajstić information content (AvgIpc) is 3.00. The third-order valence-electron chi connectivity index (χ3n) is 5.38. The van der Waals surface area contributed by atoms with E-state index in [1.165, 1.54) is 4.90 Å². The maximum atomic E-state index is 13.1. The number of Topliss-reactive ketones (excluding diaryl/α,β-unsaturated/α-hetero) is 1. The Morgan fingerprint density at radius 2 is 1.87 bits per heavy atom. The number of aryl methyl sites for hydroxylation is 2. The molecule has 0 radical (unpaired) electrons. The summed E-state index contributed by atoms with van der Waals surface area (Å²) in [7, 11) is 0. The monoisotopic (exact) mass is 445 g/mol. The minimum absolute atomic E-state index is 0.00391. The largest absolute Gasteiger partial charge is 0.390 e. The molecule has 2 aromatic heterocycles. The van der Waals surface area contributed by atoms with Crippen LogP contribution in [-0.2, 0) is 17.9 Å². The summed E-state index contributed by atoms with van der Waals surface area (Å²) in [6.07, 6.45) is -5.47. The number of hydrogen-bond acceptors (Lipinski definition) is 5. The molecule has 30 heavy (non-hydrogen) atoms. The molecule has 1 atom stereocenters. The van der Waals surface area contributed by atoms with Gasteiger partial charge in [-0.3, -0.25) is 23.5 Å². The highest BCUT2D eigenvalue weighted by Gasteiger charge is 2.32. The number of carbonyl (C=O) groups is 2. The van der Waals surface area contributed by atoms with Crippen molar-refractivity contribution in [1.82, 2.24) is 14.0 Å².